The molecule has 1 aliphatic rings. The fourth-order valence-electron chi connectivity index (χ4n) is 3.94. The van der Waals surface area contributed by atoms with Crippen molar-refractivity contribution in [1.82, 2.24) is 9.80 Å². The van der Waals surface area contributed by atoms with Crippen LogP contribution in [0.4, 0.5) is 5.69 Å². The summed E-state index contributed by atoms with van der Waals surface area (Å²) in [4.78, 5) is 31.7. The van der Waals surface area contributed by atoms with Crippen molar-refractivity contribution < 1.29 is 19.4 Å². The zero-order valence-electron chi connectivity index (χ0n) is 19.6. The van der Waals surface area contributed by atoms with Crippen molar-refractivity contribution in [2.45, 2.75) is 12.5 Å². The number of hydrogen-bond acceptors (Lipinski definition) is 6. The minimum Gasteiger partial charge on any atom is -0.507 e. The van der Waals surface area contributed by atoms with E-state index in [0.717, 1.165) is 17.8 Å². The van der Waals surface area contributed by atoms with Gasteiger partial charge in [-0.3, -0.25) is 9.59 Å². The summed E-state index contributed by atoms with van der Waals surface area (Å²) in [5.74, 6) is -0.865. The fourth-order valence-corrected chi connectivity index (χ4v) is 4.48. The molecule has 33 heavy (non-hydrogen) atoms. The number of methoxy groups -OCH3 is 1. The Morgan fingerprint density at radius 2 is 1.76 bits per heavy atom. The highest BCUT2D eigenvalue weighted by molar-refractivity contribution is 9.10. The first kappa shape index (κ1) is 24.8. The van der Waals surface area contributed by atoms with Crippen molar-refractivity contribution in [2.24, 2.45) is 0 Å². The Balaban J connectivity index is 2.10. The van der Waals surface area contributed by atoms with Crippen molar-refractivity contribution >= 4 is 39.1 Å². The molecule has 0 aromatic heterocycles. The summed E-state index contributed by atoms with van der Waals surface area (Å²) in [5.41, 5.74) is 2.31. The first-order chi connectivity index (χ1) is 15.6. The number of carbonyl (C=O) groups excluding carboxylic acids is 2. The lowest BCUT2D eigenvalue weighted by Gasteiger charge is -2.26. The number of rotatable bonds is 8. The van der Waals surface area contributed by atoms with Gasteiger partial charge in [-0.1, -0.05) is 12.1 Å². The molecule has 1 heterocycles. The highest BCUT2D eigenvalue weighted by Gasteiger charge is 2.45. The molecular formula is C25H30BrN3O4. The van der Waals surface area contributed by atoms with Gasteiger partial charge in [0.2, 0.25) is 0 Å². The van der Waals surface area contributed by atoms with Crippen molar-refractivity contribution in [3.05, 3.63) is 63.6 Å². The first-order valence-corrected chi connectivity index (χ1v) is 11.5. The number of amides is 1. The molecule has 3 rings (SSSR count). The van der Waals surface area contributed by atoms with Crippen LogP contribution in [0.25, 0.3) is 5.76 Å². The molecule has 1 N–H and O–H groups in total. The largest absolute Gasteiger partial charge is 0.507 e. The van der Waals surface area contributed by atoms with Gasteiger partial charge in [-0.05, 0) is 78.9 Å². The van der Waals surface area contributed by atoms with Crippen LogP contribution in [0, 0.1) is 0 Å². The van der Waals surface area contributed by atoms with Crippen LogP contribution in [0.1, 0.15) is 23.6 Å². The Morgan fingerprint density at radius 1 is 1.09 bits per heavy atom. The maximum Gasteiger partial charge on any atom is 0.295 e. The van der Waals surface area contributed by atoms with Crippen molar-refractivity contribution in [3.63, 3.8) is 0 Å². The molecule has 1 fully saturated rings. The summed E-state index contributed by atoms with van der Waals surface area (Å²) in [6, 6.07) is 12.1. The van der Waals surface area contributed by atoms with Crippen LogP contribution in [-0.2, 0) is 9.59 Å². The molecule has 0 spiro atoms. The molecule has 1 aliphatic heterocycles. The molecule has 1 amide bonds. The predicted octanol–water partition coefficient (Wildman–Crippen LogP) is 3.90. The smallest absolute Gasteiger partial charge is 0.295 e. The van der Waals surface area contributed by atoms with Crippen LogP contribution in [-0.4, -0.2) is 75.0 Å². The summed E-state index contributed by atoms with van der Waals surface area (Å²) in [5, 5.41) is 11.2. The predicted molar refractivity (Wildman–Crippen MR) is 134 cm³/mol. The number of likely N-dealkylation sites (tertiary alicyclic amines) is 1. The number of nitrogens with zero attached hydrogens (tertiary/aromatic N) is 3. The summed E-state index contributed by atoms with van der Waals surface area (Å²) in [6.45, 7) is 1.19. The summed E-state index contributed by atoms with van der Waals surface area (Å²) < 4.78 is 5.90. The minimum absolute atomic E-state index is 0.0968. The third kappa shape index (κ3) is 5.23. The van der Waals surface area contributed by atoms with Crippen molar-refractivity contribution in [2.75, 3.05) is 53.3 Å². The standard InChI is InChI=1S/C25H30BrN3O4/c1-27(2)13-6-14-29-22(16-7-10-18(11-8-16)28(3)4)21(24(31)25(29)32)23(30)17-9-12-20(33-5)19(26)15-17/h7-12,15,22,30H,6,13-14H2,1-5H3/b23-21-. The van der Waals surface area contributed by atoms with Gasteiger partial charge in [-0.25, -0.2) is 0 Å². The average molecular weight is 516 g/mol. The molecule has 1 unspecified atom stereocenters. The van der Waals surface area contributed by atoms with Gasteiger partial charge < -0.3 is 24.5 Å². The van der Waals surface area contributed by atoms with Gasteiger partial charge in [0.1, 0.15) is 11.5 Å². The molecule has 1 atom stereocenters. The molecule has 2 aromatic rings. The molecule has 1 saturated heterocycles. The SMILES string of the molecule is COc1ccc(/C(O)=C2/C(=O)C(=O)N(CCCN(C)C)C2c2ccc(N(C)C)cc2)cc1Br. The van der Waals surface area contributed by atoms with E-state index in [-0.39, 0.29) is 11.3 Å². The Morgan fingerprint density at radius 3 is 2.30 bits per heavy atom. The molecule has 0 radical (unpaired) electrons. The van der Waals surface area contributed by atoms with Crippen LogP contribution < -0.4 is 9.64 Å². The Kier molecular flexibility index (Phi) is 7.81. The van der Waals surface area contributed by atoms with Gasteiger partial charge in [-0.15, -0.1) is 0 Å². The fraction of sp³-hybridized carbons (Fsp3) is 0.360. The second-order valence-electron chi connectivity index (χ2n) is 8.48. The number of Topliss-reactive ketones (excluding diaryl/α,β-unsaturated/α-hetero) is 1. The number of benzene rings is 2. The summed E-state index contributed by atoms with van der Waals surface area (Å²) in [7, 11) is 9.38. The Hall–Kier alpha value is -2.84. The lowest BCUT2D eigenvalue weighted by Crippen LogP contribution is -2.32. The quantitative estimate of drug-likeness (QED) is 0.326. The van der Waals surface area contributed by atoms with Gasteiger partial charge >= 0.3 is 0 Å². The van der Waals surface area contributed by atoms with Crippen molar-refractivity contribution in [1.29, 1.82) is 0 Å². The van der Waals surface area contributed by atoms with Gasteiger partial charge in [0.25, 0.3) is 11.7 Å². The third-order valence-electron chi connectivity index (χ3n) is 5.69. The number of anilines is 1. The minimum atomic E-state index is -0.675. The maximum atomic E-state index is 13.1. The Labute approximate surface area is 203 Å². The molecule has 8 heteroatoms. The highest BCUT2D eigenvalue weighted by Crippen LogP contribution is 2.40. The highest BCUT2D eigenvalue weighted by atomic mass is 79.9. The number of aliphatic hydroxyl groups excluding tert-OH is 1. The summed E-state index contributed by atoms with van der Waals surface area (Å²) in [6.07, 6.45) is 0.709. The van der Waals surface area contributed by atoms with E-state index in [4.69, 9.17) is 4.74 Å². The second kappa shape index (κ2) is 10.4. The maximum absolute atomic E-state index is 13.1. The lowest BCUT2D eigenvalue weighted by atomic mass is 9.95. The van der Waals surface area contributed by atoms with E-state index in [9.17, 15) is 14.7 Å². The first-order valence-electron chi connectivity index (χ1n) is 10.7. The number of carbonyl (C=O) groups is 2. The molecule has 0 saturated carbocycles. The second-order valence-corrected chi connectivity index (χ2v) is 9.34. The van der Waals surface area contributed by atoms with Crippen LogP contribution in [0.2, 0.25) is 0 Å². The van der Waals surface area contributed by atoms with Crippen LogP contribution in [0.5, 0.6) is 5.75 Å². The molecule has 0 bridgehead atoms. The molecule has 176 valence electrons. The number of ether oxygens (including phenoxy) is 1. The zero-order valence-corrected chi connectivity index (χ0v) is 21.2. The number of aliphatic hydroxyl groups is 1. The van der Waals surface area contributed by atoms with Crippen molar-refractivity contribution in [3.8, 4) is 5.75 Å². The average Bonchev–Trinajstić information content (AvgIpc) is 3.03. The zero-order chi connectivity index (χ0) is 24.3. The van der Waals surface area contributed by atoms with Crippen LogP contribution >= 0.6 is 15.9 Å². The van der Waals surface area contributed by atoms with E-state index in [0.29, 0.717) is 28.8 Å². The van der Waals surface area contributed by atoms with E-state index in [1.165, 1.54) is 0 Å². The van der Waals surface area contributed by atoms with Crippen LogP contribution in [0.15, 0.2) is 52.5 Å². The molecule has 0 aliphatic carbocycles. The van der Waals surface area contributed by atoms with Gasteiger partial charge in [-0.2, -0.15) is 0 Å². The van der Waals surface area contributed by atoms with Gasteiger partial charge in [0.15, 0.2) is 0 Å². The lowest BCUT2D eigenvalue weighted by molar-refractivity contribution is -0.139. The number of halogens is 1. The van der Waals surface area contributed by atoms with Crippen LogP contribution in [0.3, 0.4) is 0 Å². The number of ketones is 1. The van der Waals surface area contributed by atoms with E-state index in [1.54, 1.807) is 30.2 Å². The molecule has 7 nitrogen and oxygen atoms in total. The normalized spacial score (nSPS) is 17.7. The van der Waals surface area contributed by atoms with E-state index >= 15 is 0 Å². The van der Waals surface area contributed by atoms with Gasteiger partial charge in [0.05, 0.1) is 23.2 Å². The molecular weight excluding hydrogens is 486 g/mol. The molecule has 2 aromatic carbocycles. The summed E-state index contributed by atoms with van der Waals surface area (Å²) >= 11 is 3.42. The monoisotopic (exact) mass is 515 g/mol. The van der Waals surface area contributed by atoms with Gasteiger partial charge in [0, 0.05) is 31.9 Å². The Bertz CT molecular complexity index is 1060. The topological polar surface area (TPSA) is 73.3 Å². The van der Waals surface area contributed by atoms with E-state index < -0.39 is 17.7 Å². The number of hydrogen-bond donors (Lipinski definition) is 1. The van der Waals surface area contributed by atoms with E-state index in [1.807, 2.05) is 62.3 Å². The van der Waals surface area contributed by atoms with E-state index in [2.05, 4.69) is 15.9 Å². The third-order valence-corrected chi connectivity index (χ3v) is 6.31.